The van der Waals surface area contributed by atoms with E-state index in [2.05, 4.69) is 36.4 Å². The number of aliphatic hydroxyl groups is 1. The summed E-state index contributed by atoms with van der Waals surface area (Å²) < 4.78 is 5.80. The minimum atomic E-state index is -0.506. The maximum absolute atomic E-state index is 9.18. The average Bonchev–Trinajstić information content (AvgIpc) is 2.62. The Kier molecular flexibility index (Phi) is 7.29. The predicted molar refractivity (Wildman–Crippen MR) is 99.3 cm³/mol. The molecule has 130 valence electrons. The molecule has 1 unspecified atom stereocenters. The zero-order valence-electron chi connectivity index (χ0n) is 14.6. The van der Waals surface area contributed by atoms with Gasteiger partial charge in [-0.15, -0.1) is 0 Å². The summed E-state index contributed by atoms with van der Waals surface area (Å²) in [7, 11) is 0. The van der Waals surface area contributed by atoms with E-state index >= 15 is 0 Å². The molecule has 0 bridgehead atoms. The molecule has 3 heteroatoms. The molecule has 2 aromatic rings. The molecular formula is C21H29NO2. The highest BCUT2D eigenvalue weighted by Gasteiger charge is 2.16. The van der Waals surface area contributed by atoms with Crippen molar-refractivity contribution in [2.75, 3.05) is 13.2 Å². The topological polar surface area (TPSA) is 55.5 Å². The second kappa shape index (κ2) is 9.45. The van der Waals surface area contributed by atoms with Crippen LogP contribution in [0.4, 0.5) is 0 Å². The molecule has 2 aromatic carbocycles. The Balaban J connectivity index is 1.65. The molecule has 0 heterocycles. The lowest BCUT2D eigenvalue weighted by Gasteiger charge is -2.21. The smallest absolute Gasteiger partial charge is 0.119 e. The van der Waals surface area contributed by atoms with Crippen molar-refractivity contribution in [3.63, 3.8) is 0 Å². The maximum Gasteiger partial charge on any atom is 0.119 e. The lowest BCUT2D eigenvalue weighted by Crippen LogP contribution is -2.40. The average molecular weight is 327 g/mol. The third-order valence-electron chi connectivity index (χ3n) is 4.24. The van der Waals surface area contributed by atoms with Crippen LogP contribution < -0.4 is 10.5 Å². The summed E-state index contributed by atoms with van der Waals surface area (Å²) >= 11 is 0. The van der Waals surface area contributed by atoms with Gasteiger partial charge in [-0.25, -0.2) is 0 Å². The van der Waals surface area contributed by atoms with Gasteiger partial charge >= 0.3 is 0 Å². The number of hydrogen-bond donors (Lipinski definition) is 2. The van der Waals surface area contributed by atoms with E-state index in [1.165, 1.54) is 11.1 Å². The molecule has 0 saturated heterocycles. The molecule has 24 heavy (non-hydrogen) atoms. The number of aryl methyl sites for hydroxylation is 2. The first-order chi connectivity index (χ1) is 11.6. The monoisotopic (exact) mass is 327 g/mol. The molecule has 0 aliphatic heterocycles. The Morgan fingerprint density at radius 3 is 2.25 bits per heavy atom. The van der Waals surface area contributed by atoms with Gasteiger partial charge in [0.25, 0.3) is 0 Å². The van der Waals surface area contributed by atoms with E-state index in [1.807, 2.05) is 25.1 Å². The van der Waals surface area contributed by atoms with Crippen molar-refractivity contribution in [1.29, 1.82) is 0 Å². The van der Waals surface area contributed by atoms with Gasteiger partial charge < -0.3 is 15.6 Å². The van der Waals surface area contributed by atoms with Gasteiger partial charge in [0.15, 0.2) is 0 Å². The highest BCUT2D eigenvalue weighted by Crippen LogP contribution is 2.16. The number of rotatable bonds is 10. The van der Waals surface area contributed by atoms with E-state index in [4.69, 9.17) is 10.5 Å². The zero-order valence-corrected chi connectivity index (χ0v) is 14.6. The van der Waals surface area contributed by atoms with Crippen LogP contribution in [-0.2, 0) is 12.8 Å². The van der Waals surface area contributed by atoms with Crippen molar-refractivity contribution in [2.45, 2.75) is 44.6 Å². The normalized spacial score (nSPS) is 13.5. The van der Waals surface area contributed by atoms with Crippen LogP contribution in [0.1, 0.15) is 37.3 Å². The van der Waals surface area contributed by atoms with Crippen molar-refractivity contribution in [1.82, 2.24) is 0 Å². The van der Waals surface area contributed by atoms with Crippen LogP contribution in [0.2, 0.25) is 0 Å². The molecule has 3 N–H and O–H groups in total. The van der Waals surface area contributed by atoms with Crippen LogP contribution in [0.3, 0.4) is 0 Å². The minimum Gasteiger partial charge on any atom is -0.494 e. The molecule has 1 atom stereocenters. The van der Waals surface area contributed by atoms with Crippen molar-refractivity contribution >= 4 is 0 Å². The lowest BCUT2D eigenvalue weighted by molar-refractivity contribution is 0.200. The molecule has 0 spiro atoms. The number of ether oxygens (including phenoxy) is 1. The Morgan fingerprint density at radius 1 is 0.917 bits per heavy atom. The number of benzene rings is 2. The largest absolute Gasteiger partial charge is 0.494 e. The van der Waals surface area contributed by atoms with E-state index in [0.29, 0.717) is 0 Å². The SMILES string of the molecule is CC(N)(CO)CCc1ccc(OCCCCc2ccccc2)cc1. The highest BCUT2D eigenvalue weighted by atomic mass is 16.5. The number of aliphatic hydroxyl groups excluding tert-OH is 1. The first kappa shape index (κ1) is 18.5. The van der Waals surface area contributed by atoms with Crippen LogP contribution in [-0.4, -0.2) is 23.9 Å². The Bertz CT molecular complexity index is 579. The molecule has 0 radical (unpaired) electrons. The van der Waals surface area contributed by atoms with Gasteiger partial charge in [-0.2, -0.15) is 0 Å². The van der Waals surface area contributed by atoms with E-state index in [9.17, 15) is 5.11 Å². The summed E-state index contributed by atoms with van der Waals surface area (Å²) in [6.45, 7) is 2.63. The lowest BCUT2D eigenvalue weighted by atomic mass is 9.95. The molecule has 0 amide bonds. The van der Waals surface area contributed by atoms with E-state index in [0.717, 1.165) is 44.5 Å². The van der Waals surface area contributed by atoms with Crippen LogP contribution in [0.25, 0.3) is 0 Å². The fraction of sp³-hybridized carbons (Fsp3) is 0.429. The van der Waals surface area contributed by atoms with Crippen molar-refractivity contribution in [2.24, 2.45) is 5.73 Å². The van der Waals surface area contributed by atoms with Crippen molar-refractivity contribution in [3.05, 3.63) is 65.7 Å². The fourth-order valence-electron chi connectivity index (χ4n) is 2.53. The first-order valence-electron chi connectivity index (χ1n) is 8.74. The molecule has 0 aliphatic carbocycles. The Hall–Kier alpha value is -1.84. The quantitative estimate of drug-likeness (QED) is 0.654. The third-order valence-corrected chi connectivity index (χ3v) is 4.24. The molecule has 0 aliphatic rings. The van der Waals surface area contributed by atoms with Gasteiger partial charge in [0, 0.05) is 5.54 Å². The van der Waals surface area contributed by atoms with E-state index in [1.54, 1.807) is 0 Å². The Morgan fingerprint density at radius 2 is 1.58 bits per heavy atom. The second-order valence-corrected chi connectivity index (χ2v) is 6.75. The van der Waals surface area contributed by atoms with Crippen molar-refractivity contribution in [3.8, 4) is 5.75 Å². The van der Waals surface area contributed by atoms with Crippen LogP contribution in [0.15, 0.2) is 54.6 Å². The molecule has 0 fully saturated rings. The zero-order chi connectivity index (χ0) is 17.3. The van der Waals surface area contributed by atoms with E-state index in [-0.39, 0.29) is 6.61 Å². The van der Waals surface area contributed by atoms with Gasteiger partial charge in [-0.3, -0.25) is 0 Å². The minimum absolute atomic E-state index is 0.0111. The summed E-state index contributed by atoms with van der Waals surface area (Å²) in [5.41, 5.74) is 8.05. The summed E-state index contributed by atoms with van der Waals surface area (Å²) in [6, 6.07) is 18.7. The highest BCUT2D eigenvalue weighted by molar-refractivity contribution is 5.27. The predicted octanol–water partition coefficient (Wildman–Crippen LogP) is 3.73. The molecule has 0 aromatic heterocycles. The summed E-state index contributed by atoms with van der Waals surface area (Å²) in [4.78, 5) is 0. The standard InChI is InChI=1S/C21H29NO2/c1-21(22,17-23)15-14-19-10-12-20(13-11-19)24-16-6-5-9-18-7-3-2-4-8-18/h2-4,7-8,10-13,23H,5-6,9,14-17,22H2,1H3. The first-order valence-corrected chi connectivity index (χ1v) is 8.74. The number of nitrogens with two attached hydrogens (primary N) is 1. The molecular weight excluding hydrogens is 298 g/mol. The summed E-state index contributed by atoms with van der Waals surface area (Å²) in [5, 5.41) is 9.18. The summed E-state index contributed by atoms with van der Waals surface area (Å²) in [6.07, 6.45) is 4.93. The number of hydrogen-bond acceptors (Lipinski definition) is 3. The van der Waals surface area contributed by atoms with Crippen molar-refractivity contribution < 1.29 is 9.84 Å². The van der Waals surface area contributed by atoms with Crippen LogP contribution in [0.5, 0.6) is 5.75 Å². The van der Waals surface area contributed by atoms with E-state index < -0.39 is 5.54 Å². The van der Waals surface area contributed by atoms with Gasteiger partial charge in [0.2, 0.25) is 0 Å². The van der Waals surface area contributed by atoms with Gasteiger partial charge in [-0.05, 0) is 62.3 Å². The fourth-order valence-corrected chi connectivity index (χ4v) is 2.53. The maximum atomic E-state index is 9.18. The number of unbranched alkanes of at least 4 members (excludes halogenated alkanes) is 1. The molecule has 2 rings (SSSR count). The Labute approximate surface area is 145 Å². The van der Waals surface area contributed by atoms with Gasteiger partial charge in [-0.1, -0.05) is 42.5 Å². The molecule has 3 nitrogen and oxygen atoms in total. The van der Waals surface area contributed by atoms with Gasteiger partial charge in [0.05, 0.1) is 13.2 Å². The molecule has 0 saturated carbocycles. The third kappa shape index (κ3) is 6.73. The summed E-state index contributed by atoms with van der Waals surface area (Å²) in [5.74, 6) is 0.913. The second-order valence-electron chi connectivity index (χ2n) is 6.75. The van der Waals surface area contributed by atoms with Crippen LogP contribution >= 0.6 is 0 Å². The van der Waals surface area contributed by atoms with Gasteiger partial charge in [0.1, 0.15) is 5.75 Å². The van der Waals surface area contributed by atoms with Crippen LogP contribution in [0, 0.1) is 0 Å².